The summed E-state index contributed by atoms with van der Waals surface area (Å²) in [4.78, 5) is 13.6. The summed E-state index contributed by atoms with van der Waals surface area (Å²) in [5, 5.41) is 3.28. The minimum atomic E-state index is 0.00588. The highest BCUT2D eigenvalue weighted by Gasteiger charge is 2.20. The van der Waals surface area contributed by atoms with Gasteiger partial charge in [0.25, 0.3) is 0 Å². The van der Waals surface area contributed by atoms with Crippen molar-refractivity contribution in [1.29, 1.82) is 0 Å². The summed E-state index contributed by atoms with van der Waals surface area (Å²) < 4.78 is 5.65. The van der Waals surface area contributed by atoms with E-state index >= 15 is 0 Å². The lowest BCUT2D eigenvalue weighted by Gasteiger charge is -2.22. The fourth-order valence-corrected chi connectivity index (χ4v) is 2.32. The molecule has 6 heteroatoms. The number of nitrogens with one attached hydrogen (secondary N) is 1. The van der Waals surface area contributed by atoms with E-state index in [1.807, 2.05) is 0 Å². The number of hydrogen-bond acceptors (Lipinski definition) is 6. The molecule has 0 radical (unpaired) electrons. The molecule has 1 saturated heterocycles. The second-order valence-electron chi connectivity index (χ2n) is 3.33. The fraction of sp³-hybridized carbons (Fsp3) is 0.444. The summed E-state index contributed by atoms with van der Waals surface area (Å²) in [5.41, 5.74) is 3.56. The number of hydrogen-bond donors (Lipinski definition) is 1. The van der Waals surface area contributed by atoms with Gasteiger partial charge in [-0.1, -0.05) is 0 Å². The largest absolute Gasteiger partial charge is 0.369 e. The Bertz CT molecular complexity index is 466. The summed E-state index contributed by atoms with van der Waals surface area (Å²) in [6, 6.07) is 0. The number of morpholine rings is 1. The molecule has 2 aromatic heterocycles. The van der Waals surface area contributed by atoms with Crippen LogP contribution in [-0.2, 0) is 4.74 Å². The lowest BCUT2D eigenvalue weighted by Crippen LogP contribution is -2.33. The molecule has 0 amide bonds. The van der Waals surface area contributed by atoms with E-state index in [1.54, 1.807) is 11.8 Å². The number of ether oxygens (including phenoxy) is 1. The van der Waals surface area contributed by atoms with Crippen LogP contribution in [0.15, 0.2) is 11.8 Å². The highest BCUT2D eigenvalue weighted by atomic mass is 32.1. The number of fused-ring (bicyclic) bond motifs is 1. The standard InChI is InChI=1S/C9H10N4OS/c1-2-14-6(3-10-1)7-8-9(12-4-11-7)15-5-13-8/h4-6,10H,1-3H2. The molecule has 78 valence electrons. The number of nitrogens with zero attached hydrogens (tertiary/aromatic N) is 3. The van der Waals surface area contributed by atoms with E-state index in [9.17, 15) is 0 Å². The lowest BCUT2D eigenvalue weighted by atomic mass is 10.2. The average Bonchev–Trinajstić information content (AvgIpc) is 2.78. The van der Waals surface area contributed by atoms with Gasteiger partial charge in [0.05, 0.1) is 12.1 Å². The number of aromatic nitrogens is 3. The van der Waals surface area contributed by atoms with E-state index in [1.165, 1.54) is 11.3 Å². The van der Waals surface area contributed by atoms with Crippen molar-refractivity contribution in [3.63, 3.8) is 0 Å². The lowest BCUT2D eigenvalue weighted by molar-refractivity contribution is 0.0258. The van der Waals surface area contributed by atoms with E-state index in [2.05, 4.69) is 20.3 Å². The van der Waals surface area contributed by atoms with E-state index in [0.717, 1.165) is 35.7 Å². The van der Waals surface area contributed by atoms with Crippen molar-refractivity contribution in [1.82, 2.24) is 20.3 Å². The summed E-state index contributed by atoms with van der Waals surface area (Å²) in [6.07, 6.45) is 1.58. The number of thiazole rings is 1. The van der Waals surface area contributed by atoms with Crippen LogP contribution in [0.25, 0.3) is 10.3 Å². The zero-order valence-corrected chi connectivity index (χ0v) is 8.83. The third-order valence-electron chi connectivity index (χ3n) is 2.40. The zero-order valence-electron chi connectivity index (χ0n) is 8.01. The van der Waals surface area contributed by atoms with Gasteiger partial charge in [0.15, 0.2) is 0 Å². The van der Waals surface area contributed by atoms with Crippen LogP contribution < -0.4 is 5.32 Å². The van der Waals surface area contributed by atoms with E-state index in [-0.39, 0.29) is 6.10 Å². The maximum absolute atomic E-state index is 5.65. The average molecular weight is 222 g/mol. The Morgan fingerprint density at radius 1 is 1.40 bits per heavy atom. The van der Waals surface area contributed by atoms with E-state index in [4.69, 9.17) is 4.74 Å². The minimum Gasteiger partial charge on any atom is -0.369 e. The Labute approximate surface area is 90.5 Å². The molecule has 1 fully saturated rings. The third-order valence-corrected chi connectivity index (χ3v) is 3.13. The van der Waals surface area contributed by atoms with Gasteiger partial charge in [-0.3, -0.25) is 0 Å². The second-order valence-corrected chi connectivity index (χ2v) is 4.16. The molecule has 2 aromatic rings. The molecule has 1 aliphatic heterocycles. The molecule has 0 aliphatic carbocycles. The summed E-state index contributed by atoms with van der Waals surface area (Å²) in [5.74, 6) is 0. The molecule has 3 rings (SSSR count). The van der Waals surface area contributed by atoms with Gasteiger partial charge >= 0.3 is 0 Å². The third kappa shape index (κ3) is 1.60. The van der Waals surface area contributed by atoms with E-state index in [0.29, 0.717) is 0 Å². The van der Waals surface area contributed by atoms with Crippen LogP contribution in [0.1, 0.15) is 11.8 Å². The van der Waals surface area contributed by atoms with Gasteiger partial charge < -0.3 is 10.1 Å². The minimum absolute atomic E-state index is 0.00588. The molecule has 1 unspecified atom stereocenters. The molecule has 1 aliphatic rings. The molecule has 1 N–H and O–H groups in total. The van der Waals surface area contributed by atoms with Crippen LogP contribution in [0.5, 0.6) is 0 Å². The van der Waals surface area contributed by atoms with Gasteiger partial charge in [-0.2, -0.15) is 0 Å². The predicted octanol–water partition coefficient (Wildman–Crippen LogP) is 0.747. The van der Waals surface area contributed by atoms with Crippen molar-refractivity contribution >= 4 is 21.7 Å². The van der Waals surface area contributed by atoms with Crippen LogP contribution in [-0.4, -0.2) is 34.6 Å². The fourth-order valence-electron chi connectivity index (χ4n) is 1.69. The second kappa shape index (κ2) is 3.80. The van der Waals surface area contributed by atoms with E-state index < -0.39 is 0 Å². The predicted molar refractivity (Wildman–Crippen MR) is 56.8 cm³/mol. The van der Waals surface area contributed by atoms with Crippen LogP contribution in [0.3, 0.4) is 0 Å². The molecular weight excluding hydrogens is 212 g/mol. The number of rotatable bonds is 1. The Morgan fingerprint density at radius 2 is 2.40 bits per heavy atom. The first-order valence-corrected chi connectivity index (χ1v) is 5.69. The molecule has 0 bridgehead atoms. The Balaban J connectivity index is 2.05. The smallest absolute Gasteiger partial charge is 0.147 e. The maximum atomic E-state index is 5.65. The van der Waals surface area contributed by atoms with Crippen molar-refractivity contribution in [3.05, 3.63) is 17.5 Å². The first kappa shape index (κ1) is 9.14. The normalized spacial score (nSPS) is 22.0. The van der Waals surface area contributed by atoms with Gasteiger partial charge in [0.2, 0.25) is 0 Å². The van der Waals surface area contributed by atoms with Gasteiger partial charge in [0.1, 0.15) is 28.5 Å². The summed E-state index contributed by atoms with van der Waals surface area (Å²) >= 11 is 1.53. The zero-order chi connectivity index (χ0) is 10.1. The Kier molecular flexibility index (Phi) is 2.32. The quantitative estimate of drug-likeness (QED) is 0.771. The summed E-state index contributed by atoms with van der Waals surface area (Å²) in [7, 11) is 0. The first-order valence-electron chi connectivity index (χ1n) is 4.81. The van der Waals surface area contributed by atoms with Gasteiger partial charge in [0, 0.05) is 13.1 Å². The maximum Gasteiger partial charge on any atom is 0.147 e. The topological polar surface area (TPSA) is 59.9 Å². The first-order chi connectivity index (χ1) is 7.45. The molecule has 3 heterocycles. The highest BCUT2D eigenvalue weighted by molar-refractivity contribution is 7.16. The van der Waals surface area contributed by atoms with Crippen LogP contribution in [0.2, 0.25) is 0 Å². The Morgan fingerprint density at radius 3 is 3.27 bits per heavy atom. The van der Waals surface area contributed by atoms with Crippen LogP contribution >= 0.6 is 11.3 Å². The molecule has 0 saturated carbocycles. The summed E-state index contributed by atoms with van der Waals surface area (Å²) in [6.45, 7) is 2.42. The SMILES string of the molecule is c1nc(C2CNCCO2)c2ncsc2n1. The monoisotopic (exact) mass is 222 g/mol. The Hall–Kier alpha value is -1.11. The van der Waals surface area contributed by atoms with Crippen LogP contribution in [0.4, 0.5) is 0 Å². The van der Waals surface area contributed by atoms with Crippen LogP contribution in [0, 0.1) is 0 Å². The van der Waals surface area contributed by atoms with Crippen molar-refractivity contribution < 1.29 is 4.74 Å². The van der Waals surface area contributed by atoms with Gasteiger partial charge in [-0.05, 0) is 0 Å². The van der Waals surface area contributed by atoms with Crippen molar-refractivity contribution in [3.8, 4) is 0 Å². The van der Waals surface area contributed by atoms with Crippen molar-refractivity contribution in [2.75, 3.05) is 19.7 Å². The molecule has 5 nitrogen and oxygen atoms in total. The van der Waals surface area contributed by atoms with Crippen molar-refractivity contribution in [2.24, 2.45) is 0 Å². The molecule has 15 heavy (non-hydrogen) atoms. The van der Waals surface area contributed by atoms with Crippen molar-refractivity contribution in [2.45, 2.75) is 6.10 Å². The molecular formula is C9H10N4OS. The molecule has 1 atom stereocenters. The molecule has 0 spiro atoms. The van der Waals surface area contributed by atoms with Gasteiger partial charge in [-0.15, -0.1) is 11.3 Å². The molecule has 0 aromatic carbocycles. The highest BCUT2D eigenvalue weighted by Crippen LogP contribution is 2.24. The van der Waals surface area contributed by atoms with Gasteiger partial charge in [-0.25, -0.2) is 15.0 Å².